The van der Waals surface area contributed by atoms with Crippen molar-refractivity contribution in [1.82, 2.24) is 5.32 Å². The van der Waals surface area contributed by atoms with Gasteiger partial charge in [-0.2, -0.15) is 5.26 Å². The minimum absolute atomic E-state index is 0.0216. The number of rotatable bonds is 3. The summed E-state index contributed by atoms with van der Waals surface area (Å²) >= 11 is 1.68. The number of allylic oxidation sites excluding steroid dienone is 1. The Hall–Kier alpha value is -3.31. The molecule has 6 nitrogen and oxygen atoms in total. The van der Waals surface area contributed by atoms with E-state index in [1.807, 2.05) is 18.2 Å². The molecule has 0 spiro atoms. The van der Waals surface area contributed by atoms with E-state index in [2.05, 4.69) is 22.4 Å². The number of guanidine groups is 1. The van der Waals surface area contributed by atoms with Gasteiger partial charge in [0.1, 0.15) is 11.4 Å². The van der Waals surface area contributed by atoms with Gasteiger partial charge in [-0.3, -0.25) is 10.1 Å². The van der Waals surface area contributed by atoms with Crippen molar-refractivity contribution in [1.29, 1.82) is 5.26 Å². The standard InChI is InChI=1S/C23H20FN5OS/c24-16-4-6-17(7-5-16)29-12-18-21(30)27-22(26)28-23(18,13-29)20-9-8-19(31-20)15-3-1-2-14(10-15)11-25/h1-8,10,18,20H,9,12-13H2,(H3,26,27,28,30)/t18-,20?,23-/m0/s1. The highest BCUT2D eigenvalue weighted by Gasteiger charge is 2.58. The molecule has 0 aliphatic carbocycles. The van der Waals surface area contributed by atoms with Gasteiger partial charge in [-0.1, -0.05) is 18.2 Å². The van der Waals surface area contributed by atoms with Crippen molar-refractivity contribution in [3.05, 3.63) is 71.6 Å². The lowest BCUT2D eigenvalue weighted by Crippen LogP contribution is -2.59. The number of benzene rings is 2. The molecular formula is C23H20FN5OS. The molecule has 2 aromatic carbocycles. The molecule has 1 fully saturated rings. The number of hydrogen-bond acceptors (Lipinski definition) is 6. The van der Waals surface area contributed by atoms with Crippen molar-refractivity contribution >= 4 is 34.2 Å². The molecule has 3 heterocycles. The van der Waals surface area contributed by atoms with E-state index in [-0.39, 0.29) is 28.9 Å². The highest BCUT2D eigenvalue weighted by Crippen LogP contribution is 2.51. The molecule has 156 valence electrons. The number of carbonyl (C=O) groups is 1. The summed E-state index contributed by atoms with van der Waals surface area (Å²) in [6, 6.07) is 16.0. The second kappa shape index (κ2) is 7.43. The van der Waals surface area contributed by atoms with E-state index in [0.29, 0.717) is 18.7 Å². The van der Waals surface area contributed by atoms with Gasteiger partial charge >= 0.3 is 0 Å². The summed E-state index contributed by atoms with van der Waals surface area (Å²) < 4.78 is 13.4. The summed E-state index contributed by atoms with van der Waals surface area (Å²) in [6.07, 6.45) is 2.89. The minimum Gasteiger partial charge on any atom is -0.370 e. The van der Waals surface area contributed by atoms with Crippen LogP contribution in [0.15, 0.2) is 59.6 Å². The third kappa shape index (κ3) is 3.35. The van der Waals surface area contributed by atoms with Gasteiger partial charge in [-0.15, -0.1) is 11.8 Å². The van der Waals surface area contributed by atoms with Crippen LogP contribution in [0, 0.1) is 23.1 Å². The Morgan fingerprint density at radius 3 is 2.87 bits per heavy atom. The average Bonchev–Trinajstić information content (AvgIpc) is 3.41. The zero-order chi connectivity index (χ0) is 21.6. The summed E-state index contributed by atoms with van der Waals surface area (Å²) in [4.78, 5) is 20.9. The maximum Gasteiger partial charge on any atom is 0.234 e. The maximum atomic E-state index is 13.4. The number of nitrogens with two attached hydrogens (primary N) is 1. The molecule has 0 aromatic heterocycles. The fraction of sp³-hybridized carbons (Fsp3) is 0.261. The quantitative estimate of drug-likeness (QED) is 0.776. The van der Waals surface area contributed by atoms with E-state index in [9.17, 15) is 14.4 Å². The number of hydrogen-bond donors (Lipinski definition) is 2. The lowest BCUT2D eigenvalue weighted by molar-refractivity contribution is -0.125. The Bertz CT molecular complexity index is 1160. The van der Waals surface area contributed by atoms with Gasteiger partial charge < -0.3 is 10.6 Å². The van der Waals surface area contributed by atoms with E-state index in [4.69, 9.17) is 10.7 Å². The van der Waals surface area contributed by atoms with Gasteiger partial charge in [0.25, 0.3) is 0 Å². The number of aliphatic imine (C=N–C) groups is 1. The normalized spacial score (nSPS) is 27.2. The zero-order valence-corrected chi connectivity index (χ0v) is 17.4. The van der Waals surface area contributed by atoms with E-state index in [1.165, 1.54) is 12.1 Å². The number of fused-ring (bicyclic) bond motifs is 1. The summed E-state index contributed by atoms with van der Waals surface area (Å²) in [6.45, 7) is 1.01. The fourth-order valence-corrected chi connectivity index (χ4v) is 6.14. The molecule has 0 radical (unpaired) electrons. The summed E-state index contributed by atoms with van der Waals surface area (Å²) in [5.74, 6) is -0.643. The van der Waals surface area contributed by atoms with Crippen molar-refractivity contribution in [3.63, 3.8) is 0 Å². The van der Waals surface area contributed by atoms with Crippen LogP contribution < -0.4 is 16.0 Å². The van der Waals surface area contributed by atoms with Crippen LogP contribution in [-0.4, -0.2) is 35.7 Å². The SMILES string of the molecule is N#Cc1cccc(C2=CCC([C@]34CN(c5ccc(F)cc5)C[C@H]3C(=O)NC(N)=N4)S2)c1. The first-order chi connectivity index (χ1) is 15.0. The second-order valence-electron chi connectivity index (χ2n) is 7.99. The van der Waals surface area contributed by atoms with Crippen LogP contribution in [-0.2, 0) is 4.79 Å². The minimum atomic E-state index is -0.684. The van der Waals surface area contributed by atoms with Gasteiger partial charge in [-0.25, -0.2) is 9.38 Å². The molecule has 5 rings (SSSR count). The molecule has 3 N–H and O–H groups in total. The van der Waals surface area contributed by atoms with Crippen LogP contribution in [0.1, 0.15) is 17.5 Å². The smallest absolute Gasteiger partial charge is 0.234 e. The zero-order valence-electron chi connectivity index (χ0n) is 16.6. The third-order valence-electron chi connectivity index (χ3n) is 6.16. The van der Waals surface area contributed by atoms with Crippen LogP contribution in [0.2, 0.25) is 0 Å². The van der Waals surface area contributed by atoms with Gasteiger partial charge in [-0.05, 0) is 48.4 Å². The molecule has 0 saturated carbocycles. The van der Waals surface area contributed by atoms with Crippen molar-refractivity contribution in [2.45, 2.75) is 17.2 Å². The Morgan fingerprint density at radius 2 is 2.10 bits per heavy atom. The summed E-state index contributed by atoms with van der Waals surface area (Å²) in [5.41, 5.74) is 7.78. The topological polar surface area (TPSA) is 94.5 Å². The van der Waals surface area contributed by atoms with Crippen LogP contribution in [0.3, 0.4) is 0 Å². The number of nitrogens with one attached hydrogen (secondary N) is 1. The van der Waals surface area contributed by atoms with Crippen LogP contribution in [0.5, 0.6) is 0 Å². The molecule has 1 unspecified atom stereocenters. The van der Waals surface area contributed by atoms with Gasteiger partial charge in [0.2, 0.25) is 5.91 Å². The molecular weight excluding hydrogens is 413 g/mol. The van der Waals surface area contributed by atoms with E-state index in [1.54, 1.807) is 30.0 Å². The first kappa shape index (κ1) is 19.6. The third-order valence-corrected chi connectivity index (χ3v) is 7.70. The van der Waals surface area contributed by atoms with Gasteiger partial charge in [0.05, 0.1) is 17.6 Å². The van der Waals surface area contributed by atoms with Crippen molar-refractivity contribution in [2.24, 2.45) is 16.6 Å². The number of amides is 1. The average molecular weight is 434 g/mol. The molecule has 8 heteroatoms. The van der Waals surface area contributed by atoms with E-state index >= 15 is 0 Å². The second-order valence-corrected chi connectivity index (χ2v) is 9.23. The molecule has 3 aliphatic rings. The predicted octanol–water partition coefficient (Wildman–Crippen LogP) is 2.86. The van der Waals surface area contributed by atoms with E-state index < -0.39 is 5.54 Å². The number of carbonyl (C=O) groups excluding carboxylic acids is 1. The van der Waals surface area contributed by atoms with E-state index in [0.717, 1.165) is 22.6 Å². The fourth-order valence-electron chi connectivity index (χ4n) is 4.69. The van der Waals surface area contributed by atoms with Crippen LogP contribution in [0.25, 0.3) is 4.91 Å². The molecule has 1 amide bonds. The number of nitrogens with zero attached hydrogens (tertiary/aromatic N) is 3. The first-order valence-electron chi connectivity index (χ1n) is 10.0. The maximum absolute atomic E-state index is 13.4. The Labute approximate surface area is 183 Å². The number of nitriles is 1. The largest absolute Gasteiger partial charge is 0.370 e. The number of halogens is 1. The first-order valence-corrected chi connectivity index (χ1v) is 10.9. The molecule has 2 aromatic rings. The highest BCUT2D eigenvalue weighted by atomic mass is 32.2. The van der Waals surface area contributed by atoms with Crippen LogP contribution in [0.4, 0.5) is 10.1 Å². The predicted molar refractivity (Wildman–Crippen MR) is 120 cm³/mol. The Kier molecular flexibility index (Phi) is 4.71. The van der Waals surface area contributed by atoms with Crippen molar-refractivity contribution in [3.8, 4) is 6.07 Å². The molecule has 31 heavy (non-hydrogen) atoms. The highest BCUT2D eigenvalue weighted by molar-refractivity contribution is 8.09. The molecule has 0 bridgehead atoms. The molecule has 1 saturated heterocycles. The number of anilines is 1. The Balaban J connectivity index is 1.47. The van der Waals surface area contributed by atoms with Crippen LogP contribution >= 0.6 is 11.8 Å². The lowest BCUT2D eigenvalue weighted by Gasteiger charge is -2.38. The van der Waals surface area contributed by atoms with Gasteiger partial charge in [0.15, 0.2) is 5.96 Å². The van der Waals surface area contributed by atoms with Crippen molar-refractivity contribution < 1.29 is 9.18 Å². The summed E-state index contributed by atoms with van der Waals surface area (Å²) in [5, 5.41) is 11.9. The monoisotopic (exact) mass is 433 g/mol. The molecule has 3 aliphatic heterocycles. The van der Waals surface area contributed by atoms with Gasteiger partial charge in [0, 0.05) is 28.9 Å². The summed E-state index contributed by atoms with van der Waals surface area (Å²) in [7, 11) is 0. The lowest BCUT2D eigenvalue weighted by atomic mass is 9.81. The van der Waals surface area contributed by atoms with Crippen molar-refractivity contribution in [2.75, 3.05) is 18.0 Å². The number of thioether (sulfide) groups is 1. The Morgan fingerprint density at radius 1 is 1.29 bits per heavy atom. The molecule has 3 atom stereocenters.